The van der Waals surface area contributed by atoms with Crippen LogP contribution in [-0.2, 0) is 16.4 Å². The summed E-state index contributed by atoms with van der Waals surface area (Å²) in [7, 11) is -3.13. The Bertz CT molecular complexity index is 566. The Balaban J connectivity index is 0.00000200. The molecule has 0 radical (unpaired) electrons. The van der Waals surface area contributed by atoms with Crippen LogP contribution >= 0.6 is 24.0 Å². The average Bonchev–Trinajstić information content (AvgIpc) is 3.21. The van der Waals surface area contributed by atoms with Gasteiger partial charge in [-0.05, 0) is 30.5 Å². The summed E-state index contributed by atoms with van der Waals surface area (Å²) in [5.41, 5.74) is 6.67. The number of rotatable bonds is 5. The summed E-state index contributed by atoms with van der Waals surface area (Å²) in [4.78, 5) is 4.57. The van der Waals surface area contributed by atoms with E-state index < -0.39 is 9.84 Å². The molecule has 1 aliphatic carbocycles. The van der Waals surface area contributed by atoms with Crippen molar-refractivity contribution in [2.45, 2.75) is 37.2 Å². The van der Waals surface area contributed by atoms with E-state index in [1.165, 1.54) is 0 Å². The lowest BCUT2D eigenvalue weighted by Gasteiger charge is -2.04. The van der Waals surface area contributed by atoms with E-state index in [4.69, 9.17) is 5.73 Å². The Labute approximate surface area is 137 Å². The molecule has 20 heavy (non-hydrogen) atoms. The van der Waals surface area contributed by atoms with Gasteiger partial charge in [0.05, 0.1) is 17.2 Å². The summed E-state index contributed by atoms with van der Waals surface area (Å²) >= 11 is 0. The van der Waals surface area contributed by atoms with E-state index >= 15 is 0 Å². The van der Waals surface area contributed by atoms with Gasteiger partial charge in [0.1, 0.15) is 0 Å². The number of halogens is 1. The zero-order valence-electron chi connectivity index (χ0n) is 11.4. The van der Waals surface area contributed by atoms with Crippen molar-refractivity contribution >= 4 is 39.8 Å². The summed E-state index contributed by atoms with van der Waals surface area (Å²) in [6.07, 6.45) is 2.31. The number of nitrogens with two attached hydrogens (primary N) is 1. The van der Waals surface area contributed by atoms with Gasteiger partial charge in [-0.15, -0.1) is 24.0 Å². The molecule has 0 spiro atoms. The first-order valence-electron chi connectivity index (χ1n) is 6.39. The van der Waals surface area contributed by atoms with Crippen molar-refractivity contribution in [3.8, 4) is 0 Å². The quantitative estimate of drug-likeness (QED) is 0.440. The Morgan fingerprint density at radius 2 is 1.95 bits per heavy atom. The zero-order chi connectivity index (χ0) is 13.9. The number of nitrogens with one attached hydrogen (secondary N) is 1. The van der Waals surface area contributed by atoms with E-state index in [2.05, 4.69) is 10.3 Å². The topological polar surface area (TPSA) is 84.5 Å². The molecule has 1 aromatic rings. The summed E-state index contributed by atoms with van der Waals surface area (Å²) < 4.78 is 23.3. The van der Waals surface area contributed by atoms with Crippen LogP contribution in [0, 0.1) is 0 Å². The molecule has 1 saturated carbocycles. The van der Waals surface area contributed by atoms with Crippen molar-refractivity contribution in [1.29, 1.82) is 0 Å². The molecule has 0 atom stereocenters. The highest BCUT2D eigenvalue weighted by molar-refractivity contribution is 14.0. The van der Waals surface area contributed by atoms with Crippen LogP contribution < -0.4 is 11.1 Å². The molecular weight excluding hydrogens is 389 g/mol. The normalized spacial score (nSPS) is 15.6. The van der Waals surface area contributed by atoms with Gasteiger partial charge in [-0.25, -0.2) is 13.4 Å². The fourth-order valence-corrected chi connectivity index (χ4v) is 2.51. The Morgan fingerprint density at radius 1 is 1.35 bits per heavy atom. The van der Waals surface area contributed by atoms with Gasteiger partial charge in [0.15, 0.2) is 15.8 Å². The van der Waals surface area contributed by atoms with Crippen molar-refractivity contribution in [3.63, 3.8) is 0 Å². The highest BCUT2D eigenvalue weighted by Gasteiger charge is 2.21. The molecule has 3 N–H and O–H groups in total. The molecule has 0 aliphatic heterocycles. The van der Waals surface area contributed by atoms with Gasteiger partial charge in [0.2, 0.25) is 0 Å². The summed E-state index contributed by atoms with van der Waals surface area (Å²) in [5.74, 6) is 0.565. The van der Waals surface area contributed by atoms with Crippen LogP contribution in [0.15, 0.2) is 34.2 Å². The predicted molar refractivity (Wildman–Crippen MR) is 91.1 cm³/mol. The molecule has 0 amide bonds. The maximum Gasteiger partial charge on any atom is 0.189 e. The van der Waals surface area contributed by atoms with Gasteiger partial charge in [-0.2, -0.15) is 0 Å². The third-order valence-corrected chi connectivity index (χ3v) is 4.77. The highest BCUT2D eigenvalue weighted by Crippen LogP contribution is 2.18. The monoisotopic (exact) mass is 409 g/mol. The van der Waals surface area contributed by atoms with E-state index in [1.807, 2.05) is 0 Å². The third kappa shape index (κ3) is 4.93. The molecule has 1 aromatic carbocycles. The molecule has 2 rings (SSSR count). The van der Waals surface area contributed by atoms with Crippen molar-refractivity contribution in [2.24, 2.45) is 10.7 Å². The molecule has 0 unspecified atom stereocenters. The number of nitrogens with zero attached hydrogens (tertiary/aromatic N) is 1. The number of guanidine groups is 1. The minimum Gasteiger partial charge on any atom is -0.370 e. The highest BCUT2D eigenvalue weighted by atomic mass is 127. The SMILES string of the molecule is CCS(=O)(=O)c1ccc(CN=C(N)NC2CC2)cc1.I. The van der Waals surface area contributed by atoms with Crippen molar-refractivity contribution in [1.82, 2.24) is 5.32 Å². The van der Waals surface area contributed by atoms with Crippen LogP contribution in [0.2, 0.25) is 0 Å². The fourth-order valence-electron chi connectivity index (χ4n) is 1.63. The number of benzene rings is 1. The van der Waals surface area contributed by atoms with E-state index in [0.717, 1.165) is 18.4 Å². The zero-order valence-corrected chi connectivity index (χ0v) is 14.5. The lowest BCUT2D eigenvalue weighted by atomic mass is 10.2. The van der Waals surface area contributed by atoms with Crippen LogP contribution in [0.4, 0.5) is 0 Å². The Kier molecular flexibility index (Phi) is 6.25. The second-order valence-electron chi connectivity index (χ2n) is 4.67. The standard InChI is InChI=1S/C13H19N3O2S.HI/c1-2-19(17,18)12-7-3-10(4-8-12)9-15-13(14)16-11-5-6-11;/h3-4,7-8,11H,2,5-6,9H2,1H3,(H3,14,15,16);1H. The average molecular weight is 409 g/mol. The van der Waals surface area contributed by atoms with E-state index in [0.29, 0.717) is 23.4 Å². The summed E-state index contributed by atoms with van der Waals surface area (Å²) in [5, 5.41) is 3.10. The molecule has 0 heterocycles. The number of aliphatic imine (C=N–C) groups is 1. The van der Waals surface area contributed by atoms with Gasteiger partial charge in [0.25, 0.3) is 0 Å². The van der Waals surface area contributed by atoms with Crippen LogP contribution in [0.25, 0.3) is 0 Å². The first-order chi connectivity index (χ1) is 9.01. The van der Waals surface area contributed by atoms with Gasteiger partial charge < -0.3 is 11.1 Å². The maximum atomic E-state index is 11.6. The van der Waals surface area contributed by atoms with Gasteiger partial charge in [-0.3, -0.25) is 0 Å². The van der Waals surface area contributed by atoms with Gasteiger partial charge in [-0.1, -0.05) is 19.1 Å². The fraction of sp³-hybridized carbons (Fsp3) is 0.462. The van der Waals surface area contributed by atoms with Crippen LogP contribution in [-0.4, -0.2) is 26.2 Å². The van der Waals surface area contributed by atoms with E-state index in [1.54, 1.807) is 31.2 Å². The van der Waals surface area contributed by atoms with Gasteiger partial charge in [0, 0.05) is 6.04 Å². The number of hydrogen-bond acceptors (Lipinski definition) is 3. The Hall–Kier alpha value is -0.830. The molecule has 0 aromatic heterocycles. The van der Waals surface area contributed by atoms with Crippen LogP contribution in [0.1, 0.15) is 25.3 Å². The van der Waals surface area contributed by atoms with Crippen molar-refractivity contribution in [3.05, 3.63) is 29.8 Å². The molecule has 1 aliphatic rings. The first kappa shape index (κ1) is 17.2. The predicted octanol–water partition coefficient (Wildman–Crippen LogP) is 1.66. The first-order valence-corrected chi connectivity index (χ1v) is 8.04. The van der Waals surface area contributed by atoms with Crippen LogP contribution in [0.3, 0.4) is 0 Å². The molecular formula is C13H20IN3O2S. The van der Waals surface area contributed by atoms with Gasteiger partial charge >= 0.3 is 0 Å². The third-order valence-electron chi connectivity index (χ3n) is 3.02. The molecule has 5 nitrogen and oxygen atoms in total. The second kappa shape index (κ2) is 7.26. The molecule has 112 valence electrons. The molecule has 1 fully saturated rings. The minimum absolute atomic E-state index is 0. The van der Waals surface area contributed by atoms with E-state index in [9.17, 15) is 8.42 Å². The maximum absolute atomic E-state index is 11.6. The summed E-state index contributed by atoms with van der Waals surface area (Å²) in [6.45, 7) is 2.09. The minimum atomic E-state index is -3.13. The summed E-state index contributed by atoms with van der Waals surface area (Å²) in [6, 6.07) is 7.27. The molecule has 0 saturated heterocycles. The largest absolute Gasteiger partial charge is 0.370 e. The number of sulfone groups is 1. The molecule has 7 heteroatoms. The number of hydrogen-bond donors (Lipinski definition) is 2. The lowest BCUT2D eigenvalue weighted by Crippen LogP contribution is -2.33. The van der Waals surface area contributed by atoms with Crippen molar-refractivity contribution in [2.75, 3.05) is 5.75 Å². The van der Waals surface area contributed by atoms with Crippen LogP contribution in [0.5, 0.6) is 0 Å². The smallest absolute Gasteiger partial charge is 0.189 e. The van der Waals surface area contributed by atoms with Crippen molar-refractivity contribution < 1.29 is 8.42 Å². The Morgan fingerprint density at radius 3 is 2.45 bits per heavy atom. The lowest BCUT2D eigenvalue weighted by molar-refractivity contribution is 0.597. The second-order valence-corrected chi connectivity index (χ2v) is 6.95. The molecule has 0 bridgehead atoms. The van der Waals surface area contributed by atoms with E-state index in [-0.39, 0.29) is 29.7 Å².